The number of nitriles is 1. The standard InChI is InChI=1S/C20H18ClN3O2S/c1-2-24-13-27-20(19(24)21)23-18(25)11-14-3-7-16(8-4-14)26-17-9-5-15(12-22)6-10-17/h3-10H,2,11,13H2,1H3,(H,23,25). The first-order valence-electron chi connectivity index (χ1n) is 8.43. The normalized spacial score (nSPS) is 13.4. The van der Waals surface area contributed by atoms with E-state index in [1.165, 1.54) is 11.8 Å². The molecule has 0 radical (unpaired) electrons. The molecule has 0 aliphatic carbocycles. The van der Waals surface area contributed by atoms with Crippen LogP contribution in [0.3, 0.4) is 0 Å². The van der Waals surface area contributed by atoms with Crippen LogP contribution >= 0.6 is 23.4 Å². The number of rotatable bonds is 6. The van der Waals surface area contributed by atoms with Gasteiger partial charge in [0.25, 0.3) is 0 Å². The Bertz CT molecular complexity index is 889. The third-order valence-electron chi connectivity index (χ3n) is 3.97. The summed E-state index contributed by atoms with van der Waals surface area (Å²) in [5.74, 6) is 1.97. The Kier molecular flexibility index (Phi) is 6.28. The van der Waals surface area contributed by atoms with Crippen LogP contribution in [0, 0.1) is 11.3 Å². The van der Waals surface area contributed by atoms with E-state index in [4.69, 9.17) is 21.6 Å². The predicted molar refractivity (Wildman–Crippen MR) is 107 cm³/mol. The molecule has 0 atom stereocenters. The highest BCUT2D eigenvalue weighted by Crippen LogP contribution is 2.32. The van der Waals surface area contributed by atoms with E-state index < -0.39 is 0 Å². The van der Waals surface area contributed by atoms with Gasteiger partial charge in [0.15, 0.2) is 0 Å². The van der Waals surface area contributed by atoms with Crippen LogP contribution in [-0.4, -0.2) is 23.2 Å². The van der Waals surface area contributed by atoms with E-state index in [1.54, 1.807) is 24.3 Å². The van der Waals surface area contributed by atoms with Gasteiger partial charge < -0.3 is 15.0 Å². The number of halogens is 1. The highest BCUT2D eigenvalue weighted by Gasteiger charge is 2.21. The third kappa shape index (κ3) is 4.97. The van der Waals surface area contributed by atoms with Crippen LogP contribution in [0.1, 0.15) is 18.1 Å². The first-order chi connectivity index (χ1) is 13.1. The topological polar surface area (TPSA) is 65.4 Å². The van der Waals surface area contributed by atoms with Crippen molar-refractivity contribution in [2.24, 2.45) is 0 Å². The second-order valence-electron chi connectivity index (χ2n) is 5.86. The van der Waals surface area contributed by atoms with Crippen LogP contribution in [0.2, 0.25) is 0 Å². The summed E-state index contributed by atoms with van der Waals surface area (Å²) in [6.07, 6.45) is 0.261. The summed E-state index contributed by atoms with van der Waals surface area (Å²) in [5.41, 5.74) is 1.47. The van der Waals surface area contributed by atoms with Crippen molar-refractivity contribution in [2.75, 3.05) is 12.4 Å². The van der Waals surface area contributed by atoms with E-state index >= 15 is 0 Å². The van der Waals surface area contributed by atoms with Crippen LogP contribution in [0.4, 0.5) is 0 Å². The van der Waals surface area contributed by atoms with E-state index in [0.717, 1.165) is 18.0 Å². The van der Waals surface area contributed by atoms with Gasteiger partial charge >= 0.3 is 0 Å². The smallest absolute Gasteiger partial charge is 0.229 e. The summed E-state index contributed by atoms with van der Waals surface area (Å²) in [6.45, 7) is 2.83. The molecule has 7 heteroatoms. The van der Waals surface area contributed by atoms with Crippen molar-refractivity contribution in [3.05, 3.63) is 69.8 Å². The van der Waals surface area contributed by atoms with Crippen LogP contribution in [0.15, 0.2) is 58.7 Å². The number of thioether (sulfide) groups is 1. The largest absolute Gasteiger partial charge is 0.457 e. The van der Waals surface area contributed by atoms with E-state index in [0.29, 0.717) is 27.2 Å². The third-order valence-corrected chi connectivity index (χ3v) is 5.54. The SMILES string of the molecule is CCN1CSC(NC(=O)Cc2ccc(Oc3ccc(C#N)cc3)cc2)=C1Cl. The van der Waals surface area contributed by atoms with Crippen LogP contribution in [-0.2, 0) is 11.2 Å². The van der Waals surface area contributed by atoms with E-state index in [9.17, 15) is 4.79 Å². The number of nitrogens with zero attached hydrogens (tertiary/aromatic N) is 2. The van der Waals surface area contributed by atoms with Crippen molar-refractivity contribution in [3.8, 4) is 17.6 Å². The van der Waals surface area contributed by atoms with Gasteiger partial charge in [0.1, 0.15) is 21.7 Å². The second kappa shape index (κ2) is 8.85. The number of hydrogen-bond acceptors (Lipinski definition) is 5. The van der Waals surface area contributed by atoms with Crippen molar-refractivity contribution in [1.29, 1.82) is 5.26 Å². The second-order valence-corrected chi connectivity index (χ2v) is 7.17. The average Bonchev–Trinajstić information content (AvgIpc) is 3.03. The minimum Gasteiger partial charge on any atom is -0.457 e. The predicted octanol–water partition coefficient (Wildman–Crippen LogP) is 4.40. The number of nitrogens with one attached hydrogen (secondary N) is 1. The fourth-order valence-electron chi connectivity index (χ4n) is 2.49. The summed E-state index contributed by atoms with van der Waals surface area (Å²) in [7, 11) is 0. The molecule has 2 aromatic rings. The zero-order chi connectivity index (χ0) is 19.2. The molecule has 3 rings (SSSR count). The highest BCUT2D eigenvalue weighted by atomic mass is 35.5. The molecular weight excluding hydrogens is 382 g/mol. The average molecular weight is 400 g/mol. The number of amides is 1. The Balaban J connectivity index is 1.56. The molecule has 0 fully saturated rings. The number of hydrogen-bond donors (Lipinski definition) is 1. The van der Waals surface area contributed by atoms with Crippen molar-refractivity contribution in [2.45, 2.75) is 13.3 Å². The van der Waals surface area contributed by atoms with Crippen molar-refractivity contribution in [3.63, 3.8) is 0 Å². The van der Waals surface area contributed by atoms with Gasteiger partial charge in [-0.25, -0.2) is 0 Å². The van der Waals surface area contributed by atoms with Gasteiger partial charge in [-0.1, -0.05) is 35.5 Å². The molecule has 138 valence electrons. The minimum absolute atomic E-state index is 0.102. The number of carbonyl (C=O) groups excluding carboxylic acids is 1. The molecule has 1 aliphatic rings. The van der Waals surface area contributed by atoms with Gasteiger partial charge in [-0.2, -0.15) is 5.26 Å². The molecule has 27 heavy (non-hydrogen) atoms. The molecule has 2 aromatic carbocycles. The van der Waals surface area contributed by atoms with E-state index in [1.807, 2.05) is 36.1 Å². The van der Waals surface area contributed by atoms with Crippen molar-refractivity contribution < 1.29 is 9.53 Å². The van der Waals surface area contributed by atoms with Gasteiger partial charge in [0.2, 0.25) is 5.91 Å². The van der Waals surface area contributed by atoms with Gasteiger partial charge in [0, 0.05) is 6.54 Å². The van der Waals surface area contributed by atoms with Crippen molar-refractivity contribution >= 4 is 29.3 Å². The first kappa shape index (κ1) is 19.2. The molecule has 0 aromatic heterocycles. The lowest BCUT2D eigenvalue weighted by atomic mass is 10.1. The molecule has 1 heterocycles. The number of benzene rings is 2. The lowest BCUT2D eigenvalue weighted by Crippen LogP contribution is -2.23. The maximum absolute atomic E-state index is 12.3. The summed E-state index contributed by atoms with van der Waals surface area (Å²) >= 11 is 7.77. The molecule has 0 unspecified atom stereocenters. The van der Waals surface area contributed by atoms with E-state index in [2.05, 4.69) is 11.4 Å². The summed E-state index contributed by atoms with van der Waals surface area (Å²) in [6, 6.07) is 16.3. The monoisotopic (exact) mass is 399 g/mol. The number of ether oxygens (including phenoxy) is 1. The molecule has 5 nitrogen and oxygen atoms in total. The summed E-state index contributed by atoms with van der Waals surface area (Å²) in [4.78, 5) is 14.2. The Morgan fingerprint density at radius 2 is 1.85 bits per heavy atom. The Labute approximate surface area is 167 Å². The molecule has 0 saturated carbocycles. The van der Waals surface area contributed by atoms with Crippen molar-refractivity contribution in [1.82, 2.24) is 10.2 Å². The zero-order valence-corrected chi connectivity index (χ0v) is 16.3. The van der Waals surface area contributed by atoms with Crippen LogP contribution in [0.5, 0.6) is 11.5 Å². The maximum Gasteiger partial charge on any atom is 0.229 e. The van der Waals surface area contributed by atoms with Gasteiger partial charge in [0.05, 0.1) is 23.9 Å². The number of carbonyl (C=O) groups is 1. The molecule has 1 amide bonds. The Morgan fingerprint density at radius 3 is 2.41 bits per heavy atom. The maximum atomic E-state index is 12.3. The van der Waals surface area contributed by atoms with Gasteiger partial charge in [-0.05, 0) is 48.9 Å². The lowest BCUT2D eigenvalue weighted by molar-refractivity contribution is -0.119. The first-order valence-corrected chi connectivity index (χ1v) is 9.79. The quantitative estimate of drug-likeness (QED) is 0.729. The summed E-state index contributed by atoms with van der Waals surface area (Å²) < 4.78 is 5.74. The molecular formula is C20H18ClN3O2S. The fourth-order valence-corrected chi connectivity index (χ4v) is 3.98. The van der Waals surface area contributed by atoms with Crippen LogP contribution < -0.4 is 10.1 Å². The minimum atomic E-state index is -0.102. The van der Waals surface area contributed by atoms with E-state index in [-0.39, 0.29) is 12.3 Å². The Morgan fingerprint density at radius 1 is 1.22 bits per heavy atom. The lowest BCUT2D eigenvalue weighted by Gasteiger charge is -2.13. The Hall–Kier alpha value is -2.62. The van der Waals surface area contributed by atoms with Gasteiger partial charge in [-0.3, -0.25) is 4.79 Å². The molecule has 0 bridgehead atoms. The molecule has 1 aliphatic heterocycles. The van der Waals surface area contributed by atoms with Crippen LogP contribution in [0.25, 0.3) is 0 Å². The van der Waals surface area contributed by atoms with Gasteiger partial charge in [-0.15, -0.1) is 0 Å². The molecule has 1 N–H and O–H groups in total. The zero-order valence-electron chi connectivity index (χ0n) is 14.7. The highest BCUT2D eigenvalue weighted by molar-refractivity contribution is 8.03. The molecule has 0 spiro atoms. The summed E-state index contributed by atoms with van der Waals surface area (Å²) in [5, 5.41) is 13.0. The fraction of sp³-hybridized carbons (Fsp3) is 0.200. The molecule has 0 saturated heterocycles.